The molecule has 0 saturated heterocycles. The number of nitriles is 1. The molecular weight excluding hydrogens is 354 g/mol. The summed E-state index contributed by atoms with van der Waals surface area (Å²) in [7, 11) is 1.51. The molecule has 0 aliphatic rings. The van der Waals surface area contributed by atoms with Crippen LogP contribution in [0.2, 0.25) is 5.02 Å². The lowest BCUT2D eigenvalue weighted by atomic mass is 10.1. The van der Waals surface area contributed by atoms with E-state index in [0.29, 0.717) is 28.5 Å². The van der Waals surface area contributed by atoms with E-state index in [2.05, 4.69) is 0 Å². The van der Waals surface area contributed by atoms with Gasteiger partial charge in [0.1, 0.15) is 29.7 Å². The second-order valence-electron chi connectivity index (χ2n) is 5.20. The van der Waals surface area contributed by atoms with Gasteiger partial charge in [-0.2, -0.15) is 5.26 Å². The van der Waals surface area contributed by atoms with Crippen LogP contribution in [0.3, 0.4) is 0 Å². The number of hydrogen-bond acceptors (Lipinski definition) is 5. The smallest absolute Gasteiger partial charge is 0.349 e. The van der Waals surface area contributed by atoms with E-state index in [1.54, 1.807) is 42.5 Å². The molecule has 0 atom stereocenters. The number of esters is 1. The van der Waals surface area contributed by atoms with Crippen molar-refractivity contribution in [3.05, 3.63) is 64.2 Å². The van der Waals surface area contributed by atoms with Crippen LogP contribution in [0.15, 0.2) is 48.0 Å². The highest BCUT2D eigenvalue weighted by Crippen LogP contribution is 2.23. The summed E-state index contributed by atoms with van der Waals surface area (Å²) in [6, 6.07) is 13.9. The van der Waals surface area contributed by atoms with Crippen LogP contribution in [0.1, 0.15) is 18.1 Å². The number of ether oxygens (including phenoxy) is 3. The summed E-state index contributed by atoms with van der Waals surface area (Å²) in [5.41, 5.74) is 1.21. The number of benzene rings is 2. The molecular formula is C20H18ClNO4. The van der Waals surface area contributed by atoms with Gasteiger partial charge in [0, 0.05) is 10.6 Å². The average molecular weight is 372 g/mol. The van der Waals surface area contributed by atoms with Crippen LogP contribution in [0.25, 0.3) is 6.08 Å². The molecule has 2 aromatic carbocycles. The van der Waals surface area contributed by atoms with E-state index in [-0.39, 0.29) is 12.2 Å². The molecule has 134 valence electrons. The number of nitrogens with zero attached hydrogens (tertiary/aromatic N) is 1. The Labute approximate surface area is 157 Å². The van der Waals surface area contributed by atoms with Crippen molar-refractivity contribution in [1.29, 1.82) is 5.26 Å². The molecule has 0 aromatic heterocycles. The molecule has 0 saturated carbocycles. The molecule has 2 rings (SSSR count). The van der Waals surface area contributed by atoms with Gasteiger partial charge in [0.2, 0.25) is 0 Å². The first-order chi connectivity index (χ1) is 12.6. The maximum Gasteiger partial charge on any atom is 0.349 e. The van der Waals surface area contributed by atoms with Crippen LogP contribution < -0.4 is 9.47 Å². The van der Waals surface area contributed by atoms with Crippen molar-refractivity contribution >= 4 is 23.6 Å². The Hall–Kier alpha value is -2.97. The van der Waals surface area contributed by atoms with E-state index in [4.69, 9.17) is 25.8 Å². The molecule has 2 aromatic rings. The number of carbonyl (C=O) groups excluding carboxylic acids is 1. The number of rotatable bonds is 7. The highest BCUT2D eigenvalue weighted by molar-refractivity contribution is 6.30. The Morgan fingerprint density at radius 2 is 1.96 bits per heavy atom. The Morgan fingerprint density at radius 3 is 2.58 bits per heavy atom. The first kappa shape index (κ1) is 19.4. The van der Waals surface area contributed by atoms with Crippen molar-refractivity contribution in [2.75, 3.05) is 13.7 Å². The third kappa shape index (κ3) is 5.27. The number of halogens is 1. The van der Waals surface area contributed by atoms with E-state index < -0.39 is 5.97 Å². The normalized spacial score (nSPS) is 10.8. The Morgan fingerprint density at radius 1 is 1.23 bits per heavy atom. The van der Waals surface area contributed by atoms with Crippen LogP contribution >= 0.6 is 11.6 Å². The van der Waals surface area contributed by atoms with Crippen molar-refractivity contribution in [2.24, 2.45) is 0 Å². The Balaban J connectivity index is 2.09. The molecule has 5 nitrogen and oxygen atoms in total. The van der Waals surface area contributed by atoms with Crippen LogP contribution in [-0.4, -0.2) is 19.7 Å². The van der Waals surface area contributed by atoms with Gasteiger partial charge in [-0.25, -0.2) is 4.79 Å². The number of methoxy groups -OCH3 is 1. The van der Waals surface area contributed by atoms with Gasteiger partial charge >= 0.3 is 5.97 Å². The van der Waals surface area contributed by atoms with Gasteiger partial charge < -0.3 is 14.2 Å². The molecule has 0 fully saturated rings. The van der Waals surface area contributed by atoms with Gasteiger partial charge in [-0.3, -0.25) is 0 Å². The zero-order chi connectivity index (χ0) is 18.9. The fourth-order valence-electron chi connectivity index (χ4n) is 2.21. The summed E-state index contributed by atoms with van der Waals surface area (Å²) in [4.78, 5) is 12.2. The summed E-state index contributed by atoms with van der Waals surface area (Å²) in [6.07, 6.45) is 1.47. The fourth-order valence-corrected chi connectivity index (χ4v) is 2.41. The molecule has 0 aliphatic carbocycles. The molecule has 0 aliphatic heterocycles. The SMILES string of the molecule is CCOc1ccc(/C=C(\C#N)C(=O)OCc2cc(Cl)ccc2OC)cc1. The summed E-state index contributed by atoms with van der Waals surface area (Å²) in [6.45, 7) is 2.41. The Bertz CT molecular complexity index is 838. The minimum Gasteiger partial charge on any atom is -0.496 e. The number of hydrogen-bond donors (Lipinski definition) is 0. The maximum absolute atomic E-state index is 12.2. The monoisotopic (exact) mass is 371 g/mol. The molecule has 0 spiro atoms. The van der Waals surface area contributed by atoms with E-state index in [0.717, 1.165) is 5.75 Å². The van der Waals surface area contributed by atoms with Gasteiger partial charge in [0.05, 0.1) is 13.7 Å². The zero-order valence-corrected chi connectivity index (χ0v) is 15.2. The van der Waals surface area contributed by atoms with Crippen molar-refractivity contribution in [1.82, 2.24) is 0 Å². The van der Waals surface area contributed by atoms with Crippen LogP contribution in [0.4, 0.5) is 0 Å². The Kier molecular flexibility index (Phi) is 7.07. The second kappa shape index (κ2) is 9.50. The molecule has 0 unspecified atom stereocenters. The minimum atomic E-state index is -0.719. The van der Waals surface area contributed by atoms with Crippen molar-refractivity contribution in [2.45, 2.75) is 13.5 Å². The van der Waals surface area contributed by atoms with E-state index in [1.807, 2.05) is 13.0 Å². The van der Waals surface area contributed by atoms with Gasteiger partial charge in [-0.15, -0.1) is 0 Å². The summed E-state index contributed by atoms with van der Waals surface area (Å²) in [5, 5.41) is 9.75. The summed E-state index contributed by atoms with van der Waals surface area (Å²) < 4.78 is 15.8. The minimum absolute atomic E-state index is 0.0507. The first-order valence-corrected chi connectivity index (χ1v) is 8.29. The third-order valence-corrected chi connectivity index (χ3v) is 3.68. The second-order valence-corrected chi connectivity index (χ2v) is 5.64. The molecule has 0 N–H and O–H groups in total. The van der Waals surface area contributed by atoms with E-state index in [9.17, 15) is 10.1 Å². The molecule has 0 heterocycles. The van der Waals surface area contributed by atoms with Crippen LogP contribution in [0.5, 0.6) is 11.5 Å². The standard InChI is InChI=1S/C20H18ClNO4/c1-3-25-18-7-4-14(5-8-18)10-15(12-22)20(23)26-13-16-11-17(21)6-9-19(16)24-2/h4-11H,3,13H2,1-2H3/b15-10+. The van der Waals surface area contributed by atoms with Crippen molar-refractivity contribution < 1.29 is 19.0 Å². The topological polar surface area (TPSA) is 68.5 Å². The van der Waals surface area contributed by atoms with Gasteiger partial charge in [-0.05, 0) is 48.9 Å². The lowest BCUT2D eigenvalue weighted by Crippen LogP contribution is -2.07. The van der Waals surface area contributed by atoms with Crippen molar-refractivity contribution in [3.63, 3.8) is 0 Å². The zero-order valence-electron chi connectivity index (χ0n) is 14.5. The lowest BCUT2D eigenvalue weighted by Gasteiger charge is -2.09. The molecule has 26 heavy (non-hydrogen) atoms. The molecule has 0 radical (unpaired) electrons. The fraction of sp³-hybridized carbons (Fsp3) is 0.200. The van der Waals surface area contributed by atoms with E-state index >= 15 is 0 Å². The largest absolute Gasteiger partial charge is 0.496 e. The van der Waals surface area contributed by atoms with Crippen LogP contribution in [-0.2, 0) is 16.1 Å². The van der Waals surface area contributed by atoms with Gasteiger partial charge in [-0.1, -0.05) is 23.7 Å². The summed E-state index contributed by atoms with van der Waals surface area (Å²) >= 11 is 5.95. The molecule has 0 amide bonds. The van der Waals surface area contributed by atoms with Crippen LogP contribution in [0, 0.1) is 11.3 Å². The predicted octanol–water partition coefficient (Wildman–Crippen LogP) is 4.40. The van der Waals surface area contributed by atoms with Gasteiger partial charge in [0.25, 0.3) is 0 Å². The first-order valence-electron chi connectivity index (χ1n) is 7.91. The lowest BCUT2D eigenvalue weighted by molar-refractivity contribution is -0.139. The highest BCUT2D eigenvalue weighted by atomic mass is 35.5. The molecule has 0 bridgehead atoms. The van der Waals surface area contributed by atoms with E-state index in [1.165, 1.54) is 13.2 Å². The third-order valence-electron chi connectivity index (χ3n) is 3.44. The summed E-state index contributed by atoms with van der Waals surface area (Å²) in [5.74, 6) is 0.554. The average Bonchev–Trinajstić information content (AvgIpc) is 2.65. The van der Waals surface area contributed by atoms with Crippen molar-refractivity contribution in [3.8, 4) is 17.6 Å². The van der Waals surface area contributed by atoms with Gasteiger partial charge in [0.15, 0.2) is 0 Å². The number of carbonyl (C=O) groups is 1. The predicted molar refractivity (Wildman–Crippen MR) is 99.0 cm³/mol. The quantitative estimate of drug-likeness (QED) is 0.410. The highest BCUT2D eigenvalue weighted by Gasteiger charge is 2.13. The molecule has 6 heteroatoms. The maximum atomic E-state index is 12.2.